The highest BCUT2D eigenvalue weighted by molar-refractivity contribution is 6.03. The lowest BCUT2D eigenvalue weighted by Crippen LogP contribution is -2.53. The van der Waals surface area contributed by atoms with Crippen LogP contribution < -0.4 is 15.5 Å². The molecule has 2 aliphatic heterocycles. The number of anilines is 1. The number of likely N-dealkylation sites (N-methyl/N-ethyl adjacent to an activating group) is 2. The minimum atomic E-state index is -4.71. The Morgan fingerprint density at radius 3 is 2.35 bits per heavy atom. The summed E-state index contributed by atoms with van der Waals surface area (Å²) in [6.07, 6.45) is -2.11. The molecule has 2 aromatic carbocycles. The topological polar surface area (TPSA) is 135 Å². The molecule has 2 aliphatic rings. The van der Waals surface area contributed by atoms with Gasteiger partial charge in [-0.2, -0.15) is 18.3 Å². The Morgan fingerprint density at radius 2 is 1.75 bits per heavy atom. The highest BCUT2D eigenvalue weighted by atomic mass is 19.4. The molecule has 15 heteroatoms. The smallest absolute Gasteiger partial charge is 0.378 e. The number of fused-ring (bicyclic) bond motifs is 1. The number of aromatic nitrogens is 4. The van der Waals surface area contributed by atoms with Gasteiger partial charge in [-0.05, 0) is 44.7 Å². The molecule has 1 saturated heterocycles. The SMILES string of the molecule is C=C(C(=O)NCc1ccccc1)[C@@H](C)N(C)C1COC1.CCN1C(=O)C(NC(=O)c2nccc(C(F)(F)F)n2)Cc2cnn(-c3ccccc3)c21. The van der Waals surface area contributed by atoms with E-state index in [1.807, 2.05) is 74.6 Å². The number of halogens is 3. The number of benzene rings is 2. The summed E-state index contributed by atoms with van der Waals surface area (Å²) in [6.45, 7) is 10.0. The zero-order valence-corrected chi connectivity index (χ0v) is 28.4. The highest BCUT2D eigenvalue weighted by Crippen LogP contribution is 2.31. The van der Waals surface area contributed by atoms with E-state index >= 15 is 0 Å². The van der Waals surface area contributed by atoms with Crippen LogP contribution in [0, 0.1) is 0 Å². The standard InChI is InChI=1S/C20H17F3N6O2.C16H22N2O2/c1-2-28-18-12(11-25-29(18)13-6-4-3-5-7-13)10-14(19(28)31)26-17(30)16-24-9-8-15(27-16)20(21,22)23;1-12(13(2)18(3)15-10-20-11-15)16(19)17-9-14-7-5-4-6-8-14/h3-9,11,14H,2,10H2,1H3,(H,26,30);4-8,13,15H,1,9-11H2,2-3H3,(H,17,19)/t;13-/m.1/s1. The molecule has 2 atom stereocenters. The minimum absolute atomic E-state index is 0.0136. The van der Waals surface area contributed by atoms with Crippen LogP contribution in [0.1, 0.15) is 41.3 Å². The second-order valence-electron chi connectivity index (χ2n) is 12.0. The van der Waals surface area contributed by atoms with E-state index in [0.29, 0.717) is 36.6 Å². The van der Waals surface area contributed by atoms with E-state index in [1.165, 1.54) is 4.90 Å². The number of amides is 3. The number of hydrogen-bond acceptors (Lipinski definition) is 8. The summed E-state index contributed by atoms with van der Waals surface area (Å²) in [4.78, 5) is 48.1. The van der Waals surface area contributed by atoms with Crippen molar-refractivity contribution < 1.29 is 32.3 Å². The average molecular weight is 705 g/mol. The van der Waals surface area contributed by atoms with Gasteiger partial charge in [-0.3, -0.25) is 24.2 Å². The summed E-state index contributed by atoms with van der Waals surface area (Å²) < 4.78 is 45.4. The van der Waals surface area contributed by atoms with Crippen molar-refractivity contribution in [3.63, 3.8) is 0 Å². The second kappa shape index (κ2) is 16.1. The Balaban J connectivity index is 0.000000218. The minimum Gasteiger partial charge on any atom is -0.378 e. The van der Waals surface area contributed by atoms with Crippen molar-refractivity contribution in [2.24, 2.45) is 0 Å². The quantitative estimate of drug-likeness (QED) is 0.237. The molecule has 0 spiro atoms. The van der Waals surface area contributed by atoms with Crippen molar-refractivity contribution in [2.45, 2.75) is 51.1 Å². The predicted molar refractivity (Wildman–Crippen MR) is 183 cm³/mol. The zero-order chi connectivity index (χ0) is 36.7. The first-order chi connectivity index (χ1) is 24.4. The van der Waals surface area contributed by atoms with Gasteiger partial charge in [-0.25, -0.2) is 14.6 Å². The fraction of sp³-hybridized carbons (Fsp3) is 0.333. The Hall–Kier alpha value is -5.41. The third-order valence-electron chi connectivity index (χ3n) is 8.73. The Bertz CT molecular complexity index is 1850. The van der Waals surface area contributed by atoms with Crippen LogP contribution in [-0.2, 0) is 33.5 Å². The van der Waals surface area contributed by atoms with E-state index in [1.54, 1.807) is 17.8 Å². The van der Waals surface area contributed by atoms with E-state index in [0.717, 1.165) is 36.2 Å². The van der Waals surface area contributed by atoms with Crippen LogP contribution in [0.3, 0.4) is 0 Å². The number of para-hydroxylation sites is 1. The maximum absolute atomic E-state index is 13.0. The molecule has 12 nitrogen and oxygen atoms in total. The Kier molecular flexibility index (Phi) is 11.6. The maximum Gasteiger partial charge on any atom is 0.433 e. The van der Waals surface area contributed by atoms with Gasteiger partial charge in [-0.15, -0.1) is 0 Å². The molecule has 4 aromatic rings. The summed E-state index contributed by atoms with van der Waals surface area (Å²) in [5.41, 5.74) is 1.94. The number of hydrogen-bond donors (Lipinski definition) is 2. The molecular weight excluding hydrogens is 665 g/mol. The van der Waals surface area contributed by atoms with E-state index in [2.05, 4.69) is 37.2 Å². The van der Waals surface area contributed by atoms with Gasteiger partial charge in [0.15, 0.2) is 0 Å². The molecule has 2 N–H and O–H groups in total. The van der Waals surface area contributed by atoms with Crippen LogP contribution in [0.25, 0.3) is 5.69 Å². The van der Waals surface area contributed by atoms with Crippen molar-refractivity contribution in [3.05, 3.63) is 114 Å². The molecule has 4 heterocycles. The molecule has 1 fully saturated rings. The summed E-state index contributed by atoms with van der Waals surface area (Å²) in [6, 6.07) is 19.2. The second-order valence-corrected chi connectivity index (χ2v) is 12.0. The molecule has 6 rings (SSSR count). The van der Waals surface area contributed by atoms with Crippen molar-refractivity contribution in [1.82, 2.24) is 35.3 Å². The van der Waals surface area contributed by atoms with Gasteiger partial charge in [0.1, 0.15) is 17.6 Å². The highest BCUT2D eigenvalue weighted by Gasteiger charge is 2.38. The lowest BCUT2D eigenvalue weighted by atomic mass is 10.0. The summed E-state index contributed by atoms with van der Waals surface area (Å²) in [5, 5.41) is 9.74. The van der Waals surface area contributed by atoms with Crippen molar-refractivity contribution in [1.29, 1.82) is 0 Å². The number of nitrogens with one attached hydrogen (secondary N) is 2. The number of ether oxygens (including phenoxy) is 1. The van der Waals surface area contributed by atoms with Gasteiger partial charge in [0.25, 0.3) is 11.8 Å². The third kappa shape index (κ3) is 8.67. The van der Waals surface area contributed by atoms with Crippen molar-refractivity contribution in [2.75, 3.05) is 31.7 Å². The molecule has 1 unspecified atom stereocenters. The van der Waals surface area contributed by atoms with Gasteiger partial charge < -0.3 is 15.4 Å². The van der Waals surface area contributed by atoms with Crippen molar-refractivity contribution >= 4 is 23.5 Å². The van der Waals surface area contributed by atoms with Gasteiger partial charge in [0.05, 0.1) is 31.1 Å². The molecule has 51 heavy (non-hydrogen) atoms. The van der Waals surface area contributed by atoms with E-state index < -0.39 is 35.6 Å². The molecule has 2 aromatic heterocycles. The van der Waals surface area contributed by atoms with E-state index in [-0.39, 0.29) is 18.4 Å². The molecule has 0 bridgehead atoms. The number of carbonyl (C=O) groups excluding carboxylic acids is 3. The molecule has 268 valence electrons. The van der Waals surface area contributed by atoms with Crippen LogP contribution >= 0.6 is 0 Å². The van der Waals surface area contributed by atoms with Crippen molar-refractivity contribution in [3.8, 4) is 5.69 Å². The van der Waals surface area contributed by atoms with Crippen LogP contribution in [0.2, 0.25) is 0 Å². The number of alkyl halides is 3. The monoisotopic (exact) mass is 704 g/mol. The van der Waals surface area contributed by atoms with Gasteiger partial charge in [0.2, 0.25) is 11.7 Å². The van der Waals surface area contributed by atoms with Crippen LogP contribution in [-0.4, -0.2) is 87.3 Å². The largest absolute Gasteiger partial charge is 0.433 e. The normalized spacial score (nSPS) is 16.3. The Morgan fingerprint density at radius 1 is 1.08 bits per heavy atom. The lowest BCUT2D eigenvalue weighted by molar-refractivity contribution is -0.141. The van der Waals surface area contributed by atoms with Crippen LogP contribution in [0.4, 0.5) is 19.0 Å². The van der Waals surface area contributed by atoms with Gasteiger partial charge in [0, 0.05) is 42.9 Å². The van der Waals surface area contributed by atoms with Crippen LogP contribution in [0.15, 0.2) is 91.3 Å². The first-order valence-electron chi connectivity index (χ1n) is 16.3. The zero-order valence-electron chi connectivity index (χ0n) is 28.4. The summed E-state index contributed by atoms with van der Waals surface area (Å²) >= 11 is 0. The molecule has 0 radical (unpaired) electrons. The Labute approximate surface area is 293 Å². The predicted octanol–water partition coefficient (Wildman–Crippen LogP) is 3.97. The summed E-state index contributed by atoms with van der Waals surface area (Å²) in [7, 11) is 2.01. The van der Waals surface area contributed by atoms with Crippen LogP contribution in [0.5, 0.6) is 0 Å². The fourth-order valence-corrected chi connectivity index (χ4v) is 5.53. The van der Waals surface area contributed by atoms with E-state index in [9.17, 15) is 27.6 Å². The molecule has 3 amide bonds. The van der Waals surface area contributed by atoms with E-state index in [4.69, 9.17) is 4.74 Å². The number of nitrogens with zero attached hydrogens (tertiary/aromatic N) is 6. The molecule has 0 aliphatic carbocycles. The number of rotatable bonds is 10. The van der Waals surface area contributed by atoms with Gasteiger partial charge >= 0.3 is 6.18 Å². The number of carbonyl (C=O) groups is 3. The third-order valence-corrected chi connectivity index (χ3v) is 8.73. The maximum atomic E-state index is 13.0. The molecule has 0 saturated carbocycles. The first kappa shape index (κ1) is 36.9. The summed E-state index contributed by atoms with van der Waals surface area (Å²) in [5.74, 6) is -1.50. The first-order valence-corrected chi connectivity index (χ1v) is 16.3. The molecular formula is C36H39F3N8O4. The van der Waals surface area contributed by atoms with Gasteiger partial charge in [-0.1, -0.05) is 55.1 Å². The fourth-order valence-electron chi connectivity index (χ4n) is 5.53. The lowest BCUT2D eigenvalue weighted by Gasteiger charge is -2.38. The average Bonchev–Trinajstić information content (AvgIpc) is 3.53.